The van der Waals surface area contributed by atoms with E-state index in [0.717, 1.165) is 55.5 Å². The van der Waals surface area contributed by atoms with E-state index in [1.54, 1.807) is 7.11 Å². The van der Waals surface area contributed by atoms with Gasteiger partial charge < -0.3 is 19.1 Å². The van der Waals surface area contributed by atoms with Gasteiger partial charge >= 0.3 is 7.60 Å². The number of ether oxygens (including phenoxy) is 1. The Morgan fingerprint density at radius 2 is 1.49 bits per heavy atom. The quantitative estimate of drug-likeness (QED) is 0.224. The van der Waals surface area contributed by atoms with Crippen LogP contribution < -0.4 is 10.1 Å². The molecule has 0 aromatic heterocycles. The summed E-state index contributed by atoms with van der Waals surface area (Å²) >= 11 is 6.50. The maximum atomic E-state index is 15.2. The van der Waals surface area contributed by atoms with Crippen molar-refractivity contribution >= 4 is 24.9 Å². The Hall–Kier alpha value is -1.52. The number of nitrogens with one attached hydrogen (secondary N) is 1. The predicted molar refractivity (Wildman–Crippen MR) is 155 cm³/mol. The van der Waals surface area contributed by atoms with Gasteiger partial charge in [-0.25, -0.2) is 0 Å². The third kappa shape index (κ3) is 7.99. The fourth-order valence-electron chi connectivity index (χ4n) is 5.41. The van der Waals surface area contributed by atoms with Crippen molar-refractivity contribution in [2.45, 2.75) is 103 Å². The number of rotatable bonds is 15. The SMILES string of the molecule is CCC(CC)OP(=O)(OC(CC)CC)[C@@H](Nc1ccc(OC)cc1)[C@@H](c1cccc(Cl)c1)C1CCCC1. The largest absolute Gasteiger partial charge is 0.497 e. The van der Waals surface area contributed by atoms with Crippen molar-refractivity contribution in [2.75, 3.05) is 12.4 Å². The van der Waals surface area contributed by atoms with Crippen molar-refractivity contribution in [2.24, 2.45) is 5.92 Å². The van der Waals surface area contributed by atoms with Crippen LogP contribution in [0.2, 0.25) is 5.02 Å². The second-order valence-corrected chi connectivity index (χ2v) is 12.6. The molecule has 1 saturated carbocycles. The number of benzene rings is 2. The van der Waals surface area contributed by atoms with E-state index in [1.165, 1.54) is 12.8 Å². The lowest BCUT2D eigenvalue weighted by Gasteiger charge is -2.39. The van der Waals surface area contributed by atoms with Gasteiger partial charge in [0.05, 0.1) is 19.3 Å². The molecule has 7 heteroatoms. The lowest BCUT2D eigenvalue weighted by Crippen LogP contribution is -2.35. The van der Waals surface area contributed by atoms with E-state index in [9.17, 15) is 0 Å². The van der Waals surface area contributed by atoms with Gasteiger partial charge in [-0.05, 0) is 86.4 Å². The summed E-state index contributed by atoms with van der Waals surface area (Å²) in [4.78, 5) is 0. The number of hydrogen-bond acceptors (Lipinski definition) is 5. The molecule has 1 aliphatic carbocycles. The van der Waals surface area contributed by atoms with Crippen LogP contribution in [0.5, 0.6) is 5.75 Å². The first-order chi connectivity index (χ1) is 17.9. The number of hydrogen-bond donors (Lipinski definition) is 1. The highest BCUT2D eigenvalue weighted by molar-refractivity contribution is 7.54. The Balaban J connectivity index is 2.17. The van der Waals surface area contributed by atoms with Crippen LogP contribution in [0.1, 0.15) is 90.5 Å². The van der Waals surface area contributed by atoms with Crippen LogP contribution in [0.4, 0.5) is 5.69 Å². The maximum Gasteiger partial charge on any atom is 0.353 e. The van der Waals surface area contributed by atoms with Gasteiger partial charge in [-0.1, -0.05) is 64.3 Å². The Morgan fingerprint density at radius 3 is 1.97 bits per heavy atom. The number of halogens is 1. The molecule has 2 atom stereocenters. The first-order valence-electron chi connectivity index (χ1n) is 14.0. The third-order valence-electron chi connectivity index (χ3n) is 7.64. The molecule has 0 amide bonds. The predicted octanol–water partition coefficient (Wildman–Crippen LogP) is 9.66. The van der Waals surface area contributed by atoms with E-state index < -0.39 is 13.4 Å². The Kier molecular flexibility index (Phi) is 11.8. The van der Waals surface area contributed by atoms with Crippen molar-refractivity contribution < 1.29 is 18.3 Å². The van der Waals surface area contributed by atoms with E-state index in [1.807, 2.05) is 42.5 Å². The smallest absolute Gasteiger partial charge is 0.353 e. The standard InChI is InChI=1S/C30H45ClNO4P/c1-6-26(7-2)35-37(33,36-27(8-3)9-4)30(32-25-17-19-28(34-5)20-18-25)29(22-13-10-11-14-22)23-15-12-16-24(31)21-23/h12,15-22,26-27,29-30,32H,6-11,13-14H2,1-5H3/t29-,30-/m1/s1. The highest BCUT2D eigenvalue weighted by atomic mass is 35.5. The minimum absolute atomic E-state index is 0.0853. The number of methoxy groups -OCH3 is 1. The van der Waals surface area contributed by atoms with E-state index in [0.29, 0.717) is 10.9 Å². The van der Waals surface area contributed by atoms with Crippen molar-refractivity contribution in [3.05, 3.63) is 59.1 Å². The molecule has 0 heterocycles. The lowest BCUT2D eigenvalue weighted by molar-refractivity contribution is 0.0980. The third-order valence-corrected chi connectivity index (χ3v) is 10.2. The Morgan fingerprint density at radius 1 is 0.919 bits per heavy atom. The van der Waals surface area contributed by atoms with Gasteiger partial charge in [0.25, 0.3) is 0 Å². The molecule has 0 spiro atoms. The van der Waals surface area contributed by atoms with Crippen LogP contribution in [0.3, 0.4) is 0 Å². The molecule has 3 rings (SSSR count). The van der Waals surface area contributed by atoms with Gasteiger partial charge in [-0.3, -0.25) is 4.57 Å². The highest BCUT2D eigenvalue weighted by Crippen LogP contribution is 2.62. The van der Waals surface area contributed by atoms with Gasteiger partial charge in [-0.15, -0.1) is 0 Å². The van der Waals surface area contributed by atoms with Crippen molar-refractivity contribution in [3.8, 4) is 5.75 Å². The van der Waals surface area contributed by atoms with Gasteiger partial charge in [0.15, 0.2) is 0 Å². The molecular weight excluding hydrogens is 505 g/mol. The van der Waals surface area contributed by atoms with E-state index in [2.05, 4.69) is 39.1 Å². The number of anilines is 1. The summed E-state index contributed by atoms with van der Waals surface area (Å²) in [6, 6.07) is 15.8. The van der Waals surface area contributed by atoms with E-state index in [-0.39, 0.29) is 18.1 Å². The van der Waals surface area contributed by atoms with Crippen LogP contribution in [0, 0.1) is 5.92 Å². The average Bonchev–Trinajstić information content (AvgIpc) is 3.45. The van der Waals surface area contributed by atoms with Crippen molar-refractivity contribution in [1.82, 2.24) is 0 Å². The maximum absolute atomic E-state index is 15.2. The molecule has 1 fully saturated rings. The second kappa shape index (κ2) is 14.6. The summed E-state index contributed by atoms with van der Waals surface area (Å²) in [6.45, 7) is 8.31. The van der Waals surface area contributed by atoms with Crippen LogP contribution in [0.15, 0.2) is 48.5 Å². The molecule has 2 aromatic rings. The van der Waals surface area contributed by atoms with Crippen LogP contribution in [0.25, 0.3) is 0 Å². The Bertz CT molecular complexity index is 969. The summed E-state index contributed by atoms with van der Waals surface area (Å²) < 4.78 is 33.7. The molecule has 0 bridgehead atoms. The first kappa shape index (κ1) is 30.0. The minimum Gasteiger partial charge on any atom is -0.497 e. The molecule has 1 N–H and O–H groups in total. The molecule has 0 unspecified atom stereocenters. The van der Waals surface area contributed by atoms with Gasteiger partial charge in [0.1, 0.15) is 11.5 Å². The molecule has 0 radical (unpaired) electrons. The van der Waals surface area contributed by atoms with E-state index >= 15 is 4.57 Å². The summed E-state index contributed by atoms with van der Waals surface area (Å²) in [5.74, 6) is 0.466. The fraction of sp³-hybridized carbons (Fsp3) is 0.600. The van der Waals surface area contributed by atoms with E-state index in [4.69, 9.17) is 25.4 Å². The summed E-state index contributed by atoms with van der Waals surface area (Å²) in [7, 11) is -2.01. The van der Waals surface area contributed by atoms with Crippen LogP contribution in [-0.4, -0.2) is 25.1 Å². The highest BCUT2D eigenvalue weighted by Gasteiger charge is 2.47. The molecule has 206 valence electrons. The fourth-order valence-corrected chi connectivity index (χ4v) is 8.47. The molecule has 1 aliphatic rings. The minimum atomic E-state index is -3.67. The van der Waals surface area contributed by atoms with Crippen molar-refractivity contribution in [1.29, 1.82) is 0 Å². The normalized spacial score (nSPS) is 16.3. The summed E-state index contributed by atoms with van der Waals surface area (Å²) in [5.41, 5.74) is 1.93. The van der Waals surface area contributed by atoms with Gasteiger partial charge in [-0.2, -0.15) is 0 Å². The molecule has 5 nitrogen and oxygen atoms in total. The molecule has 2 aromatic carbocycles. The molecular formula is C30H45ClNO4P. The zero-order valence-electron chi connectivity index (χ0n) is 23.1. The van der Waals surface area contributed by atoms with Crippen LogP contribution >= 0.6 is 19.2 Å². The Labute approximate surface area is 229 Å². The first-order valence-corrected chi connectivity index (χ1v) is 16.0. The second-order valence-electron chi connectivity index (χ2n) is 10.1. The van der Waals surface area contributed by atoms with Gasteiger partial charge in [0, 0.05) is 16.6 Å². The molecule has 0 saturated heterocycles. The summed E-state index contributed by atoms with van der Waals surface area (Å²) in [5, 5.41) is 4.34. The van der Waals surface area contributed by atoms with Gasteiger partial charge in [0.2, 0.25) is 0 Å². The average molecular weight is 550 g/mol. The van der Waals surface area contributed by atoms with Crippen molar-refractivity contribution in [3.63, 3.8) is 0 Å². The molecule has 0 aliphatic heterocycles. The van der Waals surface area contributed by atoms with Crippen LogP contribution in [-0.2, 0) is 13.6 Å². The zero-order chi connectivity index (χ0) is 26.8. The zero-order valence-corrected chi connectivity index (χ0v) is 24.8. The lowest BCUT2D eigenvalue weighted by atomic mass is 9.84. The summed E-state index contributed by atoms with van der Waals surface area (Å²) in [6.07, 6.45) is 7.28. The molecule has 37 heavy (non-hydrogen) atoms. The monoisotopic (exact) mass is 549 g/mol. The topological polar surface area (TPSA) is 56.8 Å².